The highest BCUT2D eigenvalue weighted by Gasteiger charge is 2.18. The van der Waals surface area contributed by atoms with Crippen molar-refractivity contribution >= 4 is 16.3 Å². The SMILES string of the molecule is CCNC(Cc1cn2ccsc2n1)c1cccnc1OC. The van der Waals surface area contributed by atoms with Crippen LogP contribution in [0.5, 0.6) is 5.88 Å². The van der Waals surface area contributed by atoms with E-state index in [-0.39, 0.29) is 6.04 Å². The fourth-order valence-corrected chi connectivity index (χ4v) is 3.18. The first-order valence-electron chi connectivity index (χ1n) is 6.95. The van der Waals surface area contributed by atoms with Crippen LogP contribution in [0.3, 0.4) is 0 Å². The number of imidazole rings is 1. The summed E-state index contributed by atoms with van der Waals surface area (Å²) in [4.78, 5) is 9.97. The topological polar surface area (TPSA) is 51.5 Å². The van der Waals surface area contributed by atoms with E-state index in [2.05, 4.69) is 38.9 Å². The van der Waals surface area contributed by atoms with E-state index in [9.17, 15) is 0 Å². The van der Waals surface area contributed by atoms with E-state index in [4.69, 9.17) is 4.74 Å². The molecule has 0 spiro atoms. The molecule has 1 N–H and O–H groups in total. The van der Waals surface area contributed by atoms with E-state index in [0.29, 0.717) is 5.88 Å². The second kappa shape index (κ2) is 6.24. The van der Waals surface area contributed by atoms with Crippen molar-refractivity contribution < 1.29 is 4.74 Å². The summed E-state index contributed by atoms with van der Waals surface area (Å²) in [6.07, 6.45) is 6.67. The number of rotatable bonds is 6. The molecule has 0 amide bonds. The molecule has 3 aromatic rings. The second-order valence-corrected chi connectivity index (χ2v) is 5.61. The summed E-state index contributed by atoms with van der Waals surface area (Å²) in [7, 11) is 1.65. The number of pyridine rings is 1. The van der Waals surface area contributed by atoms with E-state index in [0.717, 1.165) is 29.2 Å². The molecule has 0 bridgehead atoms. The molecular weight excluding hydrogens is 284 g/mol. The summed E-state index contributed by atoms with van der Waals surface area (Å²) < 4.78 is 7.44. The number of nitrogens with one attached hydrogen (secondary N) is 1. The Morgan fingerprint density at radius 1 is 1.48 bits per heavy atom. The molecule has 21 heavy (non-hydrogen) atoms. The molecule has 0 fully saturated rings. The Kier molecular flexibility index (Phi) is 4.17. The van der Waals surface area contributed by atoms with E-state index in [1.54, 1.807) is 24.6 Å². The fraction of sp³-hybridized carbons (Fsp3) is 0.333. The van der Waals surface area contributed by atoms with Gasteiger partial charge in [0.15, 0.2) is 4.96 Å². The molecule has 6 heteroatoms. The van der Waals surface area contributed by atoms with Crippen LogP contribution in [-0.4, -0.2) is 28.0 Å². The number of thiazole rings is 1. The Morgan fingerprint density at radius 2 is 2.38 bits per heavy atom. The number of hydrogen-bond acceptors (Lipinski definition) is 5. The lowest BCUT2D eigenvalue weighted by atomic mass is 10.0. The third-order valence-electron chi connectivity index (χ3n) is 3.38. The summed E-state index contributed by atoms with van der Waals surface area (Å²) in [5.74, 6) is 0.671. The Bertz CT molecular complexity index is 693. The van der Waals surface area contributed by atoms with Crippen LogP contribution < -0.4 is 10.1 Å². The first-order valence-corrected chi connectivity index (χ1v) is 7.83. The maximum Gasteiger partial charge on any atom is 0.217 e. The van der Waals surface area contributed by atoms with Gasteiger partial charge in [0.2, 0.25) is 5.88 Å². The standard InChI is InChI=1S/C15H18N4OS/c1-3-16-13(12-5-4-6-17-14(12)20-2)9-11-10-19-7-8-21-15(19)18-11/h4-8,10,13,16H,3,9H2,1-2H3. The van der Waals surface area contributed by atoms with Crippen LogP contribution in [0.2, 0.25) is 0 Å². The average molecular weight is 302 g/mol. The molecule has 3 heterocycles. The van der Waals surface area contributed by atoms with Crippen LogP contribution >= 0.6 is 11.3 Å². The smallest absolute Gasteiger partial charge is 0.217 e. The number of likely N-dealkylation sites (N-methyl/N-ethyl adjacent to an activating group) is 1. The van der Waals surface area contributed by atoms with E-state index in [1.807, 2.05) is 17.6 Å². The molecule has 1 unspecified atom stereocenters. The molecule has 0 aromatic carbocycles. The van der Waals surface area contributed by atoms with Gasteiger partial charge >= 0.3 is 0 Å². The van der Waals surface area contributed by atoms with Gasteiger partial charge in [0.05, 0.1) is 12.8 Å². The van der Waals surface area contributed by atoms with Crippen LogP contribution in [0.15, 0.2) is 36.1 Å². The van der Waals surface area contributed by atoms with E-state index >= 15 is 0 Å². The quantitative estimate of drug-likeness (QED) is 0.760. The molecule has 0 aliphatic heterocycles. The molecule has 5 nitrogen and oxygen atoms in total. The molecule has 0 aliphatic carbocycles. The molecule has 0 saturated carbocycles. The van der Waals surface area contributed by atoms with Crippen molar-refractivity contribution in [2.45, 2.75) is 19.4 Å². The van der Waals surface area contributed by atoms with Crippen LogP contribution in [0.1, 0.15) is 24.2 Å². The van der Waals surface area contributed by atoms with Crippen LogP contribution in [0.25, 0.3) is 4.96 Å². The van der Waals surface area contributed by atoms with Crippen molar-refractivity contribution in [2.24, 2.45) is 0 Å². The zero-order chi connectivity index (χ0) is 14.7. The number of aromatic nitrogens is 3. The molecule has 3 aromatic heterocycles. The van der Waals surface area contributed by atoms with Crippen molar-refractivity contribution in [2.75, 3.05) is 13.7 Å². The summed E-state index contributed by atoms with van der Waals surface area (Å²) in [5.41, 5.74) is 2.14. The normalized spacial score (nSPS) is 12.7. The van der Waals surface area contributed by atoms with Gasteiger partial charge in [0, 0.05) is 42.0 Å². The zero-order valence-corrected chi connectivity index (χ0v) is 12.9. The minimum absolute atomic E-state index is 0.142. The lowest BCUT2D eigenvalue weighted by Crippen LogP contribution is -2.23. The average Bonchev–Trinajstić information content (AvgIpc) is 3.08. The van der Waals surface area contributed by atoms with Crippen molar-refractivity contribution in [1.82, 2.24) is 19.7 Å². The number of ether oxygens (including phenoxy) is 1. The highest BCUT2D eigenvalue weighted by Crippen LogP contribution is 2.25. The fourth-order valence-electron chi connectivity index (χ4n) is 2.46. The van der Waals surface area contributed by atoms with Crippen LogP contribution in [0.4, 0.5) is 0 Å². The lowest BCUT2D eigenvalue weighted by Gasteiger charge is -2.19. The highest BCUT2D eigenvalue weighted by molar-refractivity contribution is 7.15. The molecule has 0 aliphatic rings. The Hall–Kier alpha value is -1.92. The van der Waals surface area contributed by atoms with Gasteiger partial charge in [-0.15, -0.1) is 11.3 Å². The van der Waals surface area contributed by atoms with Gasteiger partial charge in [-0.05, 0) is 12.6 Å². The lowest BCUT2D eigenvalue weighted by molar-refractivity contribution is 0.382. The predicted octanol–water partition coefficient (Wildman–Crippen LogP) is 2.69. The minimum Gasteiger partial charge on any atom is -0.481 e. The molecule has 0 radical (unpaired) electrons. The van der Waals surface area contributed by atoms with E-state index < -0.39 is 0 Å². The van der Waals surface area contributed by atoms with Gasteiger partial charge in [0.25, 0.3) is 0 Å². The Balaban J connectivity index is 1.88. The maximum absolute atomic E-state index is 5.38. The van der Waals surface area contributed by atoms with Crippen LogP contribution in [-0.2, 0) is 6.42 Å². The van der Waals surface area contributed by atoms with Crippen molar-refractivity contribution in [3.8, 4) is 5.88 Å². The number of fused-ring (bicyclic) bond motifs is 1. The van der Waals surface area contributed by atoms with Gasteiger partial charge in [-0.25, -0.2) is 9.97 Å². The number of nitrogens with zero attached hydrogens (tertiary/aromatic N) is 3. The van der Waals surface area contributed by atoms with Crippen molar-refractivity contribution in [1.29, 1.82) is 0 Å². The van der Waals surface area contributed by atoms with Gasteiger partial charge in [0.1, 0.15) is 0 Å². The number of hydrogen-bond donors (Lipinski definition) is 1. The second-order valence-electron chi connectivity index (χ2n) is 4.74. The largest absolute Gasteiger partial charge is 0.481 e. The molecule has 1 atom stereocenters. The van der Waals surface area contributed by atoms with E-state index in [1.165, 1.54) is 0 Å². The van der Waals surface area contributed by atoms with Gasteiger partial charge in [-0.2, -0.15) is 0 Å². The third-order valence-corrected chi connectivity index (χ3v) is 4.15. The Morgan fingerprint density at radius 3 is 3.14 bits per heavy atom. The molecule has 110 valence electrons. The first-order chi connectivity index (χ1) is 10.3. The van der Waals surface area contributed by atoms with Crippen LogP contribution in [0, 0.1) is 0 Å². The third kappa shape index (κ3) is 2.91. The summed E-state index contributed by atoms with van der Waals surface area (Å²) in [5, 5.41) is 5.53. The molecule has 3 rings (SSSR count). The monoisotopic (exact) mass is 302 g/mol. The van der Waals surface area contributed by atoms with Gasteiger partial charge in [-0.3, -0.25) is 4.40 Å². The molecule has 0 saturated heterocycles. The highest BCUT2D eigenvalue weighted by atomic mass is 32.1. The van der Waals surface area contributed by atoms with Crippen molar-refractivity contribution in [3.05, 3.63) is 47.4 Å². The maximum atomic E-state index is 5.38. The zero-order valence-electron chi connectivity index (χ0n) is 12.1. The summed E-state index contributed by atoms with van der Waals surface area (Å²) >= 11 is 1.65. The first kappa shape index (κ1) is 14.0. The number of methoxy groups -OCH3 is 1. The van der Waals surface area contributed by atoms with Crippen molar-refractivity contribution in [3.63, 3.8) is 0 Å². The molecular formula is C15H18N4OS. The van der Waals surface area contributed by atoms with Gasteiger partial charge < -0.3 is 10.1 Å². The van der Waals surface area contributed by atoms with Gasteiger partial charge in [-0.1, -0.05) is 13.0 Å². The summed E-state index contributed by atoms with van der Waals surface area (Å²) in [6.45, 7) is 2.98. The summed E-state index contributed by atoms with van der Waals surface area (Å²) in [6, 6.07) is 4.13. The minimum atomic E-state index is 0.142. The Labute approximate surface area is 127 Å². The predicted molar refractivity (Wildman–Crippen MR) is 84.0 cm³/mol.